The van der Waals surface area contributed by atoms with Gasteiger partial charge in [-0.3, -0.25) is 0 Å². The standard InChI is InChI=1S/C52H35NO.C46H31NO/c1-3-13-36(14-4-1)40-17-11-18-41(35-40)37-25-29-42(30-26-37)53(50-34-33-44(38-15-5-2-6-16-38)46-19-7-8-20-47(46)50)43-31-27-39(28-32-43)45-22-12-23-49-48-21-9-10-24-51(48)54-52(45)49;1-2-11-32(12-3-1)36-15-8-16-37(31-36)33-23-27-38(28-24-33)47(44-21-9-14-34-13-4-5-17-40(34)44)39-29-25-35(26-30-39)41-19-10-20-43-42-18-6-7-22-45(42)48-46(41)43/h1-35H;1-31H. The lowest BCUT2D eigenvalue weighted by Gasteiger charge is -2.28. The zero-order valence-corrected chi connectivity index (χ0v) is 55.8. The fraction of sp³-hybridized carbons (Fsp3) is 0. The Morgan fingerprint density at radius 3 is 0.931 bits per heavy atom. The molecule has 0 aliphatic rings. The minimum atomic E-state index is 0.906. The molecule has 4 nitrogen and oxygen atoms in total. The maximum absolute atomic E-state index is 6.42. The van der Waals surface area contributed by atoms with Crippen LogP contribution in [0.4, 0.5) is 34.1 Å². The molecule has 102 heavy (non-hydrogen) atoms. The zero-order chi connectivity index (χ0) is 67.7. The van der Waals surface area contributed by atoms with Gasteiger partial charge in [0.1, 0.15) is 22.3 Å². The van der Waals surface area contributed by atoms with Gasteiger partial charge in [0.15, 0.2) is 0 Å². The molecule has 0 atom stereocenters. The van der Waals surface area contributed by atoms with Crippen molar-refractivity contribution in [3.05, 3.63) is 400 Å². The first-order chi connectivity index (χ1) is 50.6. The van der Waals surface area contributed by atoms with Crippen LogP contribution in [0.2, 0.25) is 0 Å². The van der Waals surface area contributed by atoms with Gasteiger partial charge in [0.25, 0.3) is 0 Å². The van der Waals surface area contributed by atoms with Crippen molar-refractivity contribution in [1.29, 1.82) is 0 Å². The molecule has 0 radical (unpaired) electrons. The maximum Gasteiger partial charge on any atom is 0.143 e. The number of hydrogen-bond donors (Lipinski definition) is 0. The molecule has 0 saturated carbocycles. The van der Waals surface area contributed by atoms with E-state index in [4.69, 9.17) is 8.83 Å². The summed E-state index contributed by atoms with van der Waals surface area (Å²) >= 11 is 0. The predicted molar refractivity (Wildman–Crippen MR) is 430 cm³/mol. The molecule has 0 unspecified atom stereocenters. The highest BCUT2D eigenvalue weighted by atomic mass is 16.3. The zero-order valence-electron chi connectivity index (χ0n) is 55.8. The van der Waals surface area contributed by atoms with Crippen molar-refractivity contribution in [2.45, 2.75) is 0 Å². The van der Waals surface area contributed by atoms with E-state index in [1.807, 2.05) is 24.3 Å². The van der Waals surface area contributed by atoms with Crippen LogP contribution in [-0.4, -0.2) is 0 Å². The van der Waals surface area contributed by atoms with Crippen LogP contribution in [0, 0.1) is 0 Å². The van der Waals surface area contributed by atoms with Gasteiger partial charge >= 0.3 is 0 Å². The lowest BCUT2D eigenvalue weighted by molar-refractivity contribution is 0.669. The van der Waals surface area contributed by atoms with Gasteiger partial charge in [-0.1, -0.05) is 315 Å². The van der Waals surface area contributed by atoms with Crippen molar-refractivity contribution in [3.63, 3.8) is 0 Å². The van der Waals surface area contributed by atoms with Gasteiger partial charge in [0, 0.05) is 66.2 Å². The summed E-state index contributed by atoms with van der Waals surface area (Å²) in [5.74, 6) is 0. The SMILES string of the molecule is c1ccc(-c2cccc(-c3ccc(N(c4ccc(-c5cccc6c5oc5ccccc56)cc4)c4ccc(-c5ccccc5)c5ccccc45)cc3)c2)cc1.c1ccc(-c2cccc(-c3ccc(N(c4ccc(-c5cccc6c5oc5ccccc56)cc4)c4cccc5ccccc45)cc3)c2)cc1. The number of para-hydroxylation sites is 4. The second kappa shape index (κ2) is 26.7. The third-order valence-corrected chi connectivity index (χ3v) is 19.8. The van der Waals surface area contributed by atoms with Crippen LogP contribution in [0.1, 0.15) is 0 Å². The largest absolute Gasteiger partial charge is 0.455 e. The van der Waals surface area contributed by atoms with Crippen LogP contribution in [0.15, 0.2) is 409 Å². The Labute approximate surface area is 592 Å². The van der Waals surface area contributed by atoms with Gasteiger partial charge in [0.05, 0.1) is 11.4 Å². The summed E-state index contributed by atoms with van der Waals surface area (Å²) in [5, 5.41) is 9.37. The Morgan fingerprint density at radius 1 is 0.167 bits per heavy atom. The summed E-state index contributed by atoms with van der Waals surface area (Å²) in [6.45, 7) is 0. The van der Waals surface area contributed by atoms with E-state index in [0.717, 1.165) is 100 Å². The molecule has 0 saturated heterocycles. The van der Waals surface area contributed by atoms with Crippen LogP contribution in [0.25, 0.3) is 143 Å². The number of hydrogen-bond acceptors (Lipinski definition) is 4. The number of benzene rings is 17. The Morgan fingerprint density at radius 2 is 0.471 bits per heavy atom. The van der Waals surface area contributed by atoms with Gasteiger partial charge in [0.2, 0.25) is 0 Å². The molecule has 17 aromatic carbocycles. The smallest absolute Gasteiger partial charge is 0.143 e. The molecule has 0 N–H and O–H groups in total. The number of fused-ring (bicyclic) bond motifs is 8. The quantitative estimate of drug-likeness (QED) is 0.115. The summed E-state index contributed by atoms with van der Waals surface area (Å²) in [4.78, 5) is 4.74. The highest BCUT2D eigenvalue weighted by Crippen LogP contribution is 2.46. The molecule has 0 spiro atoms. The highest BCUT2D eigenvalue weighted by Gasteiger charge is 2.22. The van der Waals surface area contributed by atoms with E-state index in [-0.39, 0.29) is 0 Å². The average Bonchev–Trinajstić information content (AvgIpc) is 0.802. The van der Waals surface area contributed by atoms with E-state index >= 15 is 0 Å². The van der Waals surface area contributed by atoms with Crippen LogP contribution in [0.3, 0.4) is 0 Å². The van der Waals surface area contributed by atoms with Crippen LogP contribution in [0.5, 0.6) is 0 Å². The fourth-order valence-corrected chi connectivity index (χ4v) is 14.8. The first kappa shape index (κ1) is 60.8. The normalized spacial score (nSPS) is 11.3. The summed E-state index contributed by atoms with van der Waals surface area (Å²) in [6, 6.07) is 143. The second-order valence-electron chi connectivity index (χ2n) is 25.9. The molecule has 19 rings (SSSR count). The molecule has 2 heterocycles. The number of anilines is 6. The average molecular weight is 1300 g/mol. The molecule has 19 aromatic rings. The molecule has 0 amide bonds. The third kappa shape index (κ3) is 11.6. The maximum atomic E-state index is 6.42. The second-order valence-corrected chi connectivity index (χ2v) is 25.9. The van der Waals surface area contributed by atoms with Crippen LogP contribution in [-0.2, 0) is 0 Å². The highest BCUT2D eigenvalue weighted by molar-refractivity contribution is 6.12. The molecule has 4 heteroatoms. The molecular formula is C98H66N2O2. The third-order valence-electron chi connectivity index (χ3n) is 19.8. The Bertz CT molecular complexity index is 6210. The van der Waals surface area contributed by atoms with Crippen LogP contribution >= 0.6 is 0 Å². The molecule has 2 aromatic heterocycles. The van der Waals surface area contributed by atoms with Gasteiger partial charge in [-0.15, -0.1) is 0 Å². The first-order valence-electron chi connectivity index (χ1n) is 34.8. The van der Waals surface area contributed by atoms with Crippen molar-refractivity contribution in [2.24, 2.45) is 0 Å². The van der Waals surface area contributed by atoms with E-state index < -0.39 is 0 Å². The van der Waals surface area contributed by atoms with Crippen molar-refractivity contribution >= 4 is 99.5 Å². The van der Waals surface area contributed by atoms with E-state index in [1.165, 1.54) is 77.2 Å². The summed E-state index contributed by atoms with van der Waals surface area (Å²) < 4.78 is 12.8. The van der Waals surface area contributed by atoms with Gasteiger partial charge in [-0.25, -0.2) is 0 Å². The van der Waals surface area contributed by atoms with Crippen molar-refractivity contribution in [2.75, 3.05) is 9.80 Å². The summed E-state index contributed by atoms with van der Waals surface area (Å²) in [6.07, 6.45) is 0. The van der Waals surface area contributed by atoms with E-state index in [0.29, 0.717) is 0 Å². The minimum absolute atomic E-state index is 0.906. The molecule has 0 bridgehead atoms. The van der Waals surface area contributed by atoms with Crippen molar-refractivity contribution in [1.82, 2.24) is 0 Å². The molecule has 0 aliphatic carbocycles. The summed E-state index contributed by atoms with van der Waals surface area (Å²) in [7, 11) is 0. The summed E-state index contributed by atoms with van der Waals surface area (Å²) in [5.41, 5.74) is 26.7. The first-order valence-corrected chi connectivity index (χ1v) is 34.8. The molecule has 0 fully saturated rings. The Hall–Kier alpha value is -13.5. The number of nitrogens with zero attached hydrogens (tertiary/aromatic N) is 2. The Kier molecular flexibility index (Phi) is 15.9. The molecule has 480 valence electrons. The van der Waals surface area contributed by atoms with E-state index in [1.54, 1.807) is 0 Å². The monoisotopic (exact) mass is 1300 g/mol. The Balaban J connectivity index is 0.000000147. The number of rotatable bonds is 13. The van der Waals surface area contributed by atoms with Gasteiger partial charge in [-0.2, -0.15) is 0 Å². The van der Waals surface area contributed by atoms with Gasteiger partial charge in [-0.05, 0) is 162 Å². The number of furan rings is 2. The molecule has 0 aliphatic heterocycles. The van der Waals surface area contributed by atoms with Crippen LogP contribution < -0.4 is 9.80 Å². The fourth-order valence-electron chi connectivity index (χ4n) is 14.8. The van der Waals surface area contributed by atoms with Gasteiger partial charge < -0.3 is 18.6 Å². The topological polar surface area (TPSA) is 32.8 Å². The van der Waals surface area contributed by atoms with Crippen molar-refractivity contribution in [3.8, 4) is 77.9 Å². The lowest BCUT2D eigenvalue weighted by atomic mass is 9.96. The van der Waals surface area contributed by atoms with E-state index in [9.17, 15) is 0 Å². The predicted octanol–water partition coefficient (Wildman–Crippen LogP) is 28.1. The molecular weight excluding hydrogens is 1240 g/mol. The lowest BCUT2D eigenvalue weighted by Crippen LogP contribution is -2.10. The van der Waals surface area contributed by atoms with E-state index in [2.05, 4.69) is 386 Å². The van der Waals surface area contributed by atoms with Crippen molar-refractivity contribution < 1.29 is 8.83 Å². The minimum Gasteiger partial charge on any atom is -0.455 e.